The lowest BCUT2D eigenvalue weighted by Crippen LogP contribution is -2.10. The summed E-state index contributed by atoms with van der Waals surface area (Å²) in [6.07, 6.45) is 3.19. The van der Waals surface area contributed by atoms with Gasteiger partial charge in [0.1, 0.15) is 5.75 Å². The molecule has 0 radical (unpaired) electrons. The van der Waals surface area contributed by atoms with E-state index in [1.54, 1.807) is 35.6 Å². The molecule has 0 spiro atoms. The van der Waals surface area contributed by atoms with E-state index in [9.17, 15) is 9.59 Å². The van der Waals surface area contributed by atoms with E-state index in [4.69, 9.17) is 4.74 Å². The first-order chi connectivity index (χ1) is 10.6. The van der Waals surface area contributed by atoms with Gasteiger partial charge in [0, 0.05) is 23.6 Å². The minimum Gasteiger partial charge on any atom is -0.495 e. The van der Waals surface area contributed by atoms with Gasteiger partial charge in [-0.2, -0.15) is 0 Å². The number of carbonyl (C=O) groups is 2. The molecule has 0 fully saturated rings. The van der Waals surface area contributed by atoms with E-state index in [0.29, 0.717) is 17.1 Å². The van der Waals surface area contributed by atoms with E-state index in [1.165, 1.54) is 20.1 Å². The fourth-order valence-corrected chi connectivity index (χ4v) is 2.42. The number of thiophene rings is 1. The molecule has 0 atom stereocenters. The van der Waals surface area contributed by atoms with Gasteiger partial charge in [0.05, 0.1) is 12.8 Å². The predicted octanol–water partition coefficient (Wildman–Crippen LogP) is 3.37. The van der Waals surface area contributed by atoms with Gasteiger partial charge in [-0.05, 0) is 35.7 Å². The minimum absolute atomic E-state index is 0.181. The molecule has 6 heteroatoms. The lowest BCUT2D eigenvalue weighted by Gasteiger charge is -2.11. The maximum Gasteiger partial charge on any atom is 0.248 e. The molecule has 0 unspecified atom stereocenters. The Bertz CT molecular complexity index is 693. The van der Waals surface area contributed by atoms with E-state index in [-0.39, 0.29) is 11.8 Å². The van der Waals surface area contributed by atoms with Gasteiger partial charge in [-0.3, -0.25) is 9.59 Å². The van der Waals surface area contributed by atoms with E-state index in [2.05, 4.69) is 10.6 Å². The molecule has 2 N–H and O–H groups in total. The number of nitrogens with one attached hydrogen (secondary N) is 2. The van der Waals surface area contributed by atoms with Crippen molar-refractivity contribution >= 4 is 40.6 Å². The number of hydrogen-bond donors (Lipinski definition) is 2. The summed E-state index contributed by atoms with van der Waals surface area (Å²) in [5.74, 6) is 0.0682. The maximum absolute atomic E-state index is 12.0. The highest BCUT2D eigenvalue weighted by Gasteiger charge is 2.07. The molecule has 0 saturated heterocycles. The van der Waals surface area contributed by atoms with Crippen LogP contribution in [0.3, 0.4) is 0 Å². The van der Waals surface area contributed by atoms with Crippen molar-refractivity contribution in [1.82, 2.24) is 0 Å². The highest BCUT2D eigenvalue weighted by molar-refractivity contribution is 7.10. The van der Waals surface area contributed by atoms with E-state index < -0.39 is 0 Å². The monoisotopic (exact) mass is 316 g/mol. The standard InChI is InChI=1S/C16H16N2O3S/c1-11(19)17-12-5-7-15(21-2)14(10-12)18-16(20)8-6-13-4-3-9-22-13/h3-10H,1-2H3,(H,17,19)(H,18,20)/b8-6+. The van der Waals surface area contributed by atoms with Gasteiger partial charge in [0.2, 0.25) is 11.8 Å². The maximum atomic E-state index is 12.0. The summed E-state index contributed by atoms with van der Waals surface area (Å²) in [4.78, 5) is 24.1. The number of ether oxygens (including phenoxy) is 1. The van der Waals surface area contributed by atoms with Crippen LogP contribution in [0.25, 0.3) is 6.08 Å². The number of hydrogen-bond acceptors (Lipinski definition) is 4. The van der Waals surface area contributed by atoms with Crippen LogP contribution in [0.2, 0.25) is 0 Å². The third-order valence-corrected chi connectivity index (χ3v) is 3.56. The molecule has 5 nitrogen and oxygen atoms in total. The molecule has 2 amide bonds. The Kier molecular flexibility index (Phi) is 5.32. The molecule has 2 aromatic rings. The lowest BCUT2D eigenvalue weighted by molar-refractivity contribution is -0.114. The smallest absolute Gasteiger partial charge is 0.248 e. The van der Waals surface area contributed by atoms with E-state index >= 15 is 0 Å². The minimum atomic E-state index is -0.272. The number of anilines is 2. The highest BCUT2D eigenvalue weighted by Crippen LogP contribution is 2.28. The molecular weight excluding hydrogens is 300 g/mol. The number of benzene rings is 1. The first-order valence-corrected chi connectivity index (χ1v) is 7.44. The third-order valence-electron chi connectivity index (χ3n) is 2.72. The molecule has 0 aliphatic rings. The van der Waals surface area contributed by atoms with Crippen molar-refractivity contribution in [2.45, 2.75) is 6.92 Å². The second-order valence-electron chi connectivity index (χ2n) is 4.43. The molecule has 0 bridgehead atoms. The molecule has 1 aromatic heterocycles. The average Bonchev–Trinajstić information content (AvgIpc) is 2.98. The van der Waals surface area contributed by atoms with Crippen molar-refractivity contribution in [3.63, 3.8) is 0 Å². The molecule has 0 aliphatic carbocycles. The summed E-state index contributed by atoms with van der Waals surface area (Å²) >= 11 is 1.55. The zero-order valence-electron chi connectivity index (χ0n) is 12.3. The molecule has 1 aromatic carbocycles. The first-order valence-electron chi connectivity index (χ1n) is 6.56. The molecular formula is C16H16N2O3S. The van der Waals surface area contributed by atoms with Crippen LogP contribution in [0.4, 0.5) is 11.4 Å². The molecule has 114 valence electrons. The Morgan fingerprint density at radius 3 is 2.68 bits per heavy atom. The summed E-state index contributed by atoms with van der Waals surface area (Å²) in [7, 11) is 1.52. The third kappa shape index (κ3) is 4.46. The second-order valence-corrected chi connectivity index (χ2v) is 5.41. The normalized spacial score (nSPS) is 10.5. The molecule has 0 saturated carbocycles. The van der Waals surface area contributed by atoms with Crippen molar-refractivity contribution in [3.05, 3.63) is 46.7 Å². The molecule has 1 heterocycles. The zero-order chi connectivity index (χ0) is 15.9. The van der Waals surface area contributed by atoms with Crippen LogP contribution in [0.5, 0.6) is 5.75 Å². The van der Waals surface area contributed by atoms with Gasteiger partial charge < -0.3 is 15.4 Å². The van der Waals surface area contributed by atoms with Crippen molar-refractivity contribution in [1.29, 1.82) is 0 Å². The van der Waals surface area contributed by atoms with Crippen molar-refractivity contribution in [2.24, 2.45) is 0 Å². The van der Waals surface area contributed by atoms with Gasteiger partial charge in [0.15, 0.2) is 0 Å². The van der Waals surface area contributed by atoms with Crippen LogP contribution in [0, 0.1) is 0 Å². The Morgan fingerprint density at radius 2 is 2.05 bits per heavy atom. The van der Waals surface area contributed by atoms with Crippen LogP contribution in [-0.2, 0) is 9.59 Å². The van der Waals surface area contributed by atoms with Gasteiger partial charge >= 0.3 is 0 Å². The Morgan fingerprint density at radius 1 is 1.23 bits per heavy atom. The fourth-order valence-electron chi connectivity index (χ4n) is 1.80. The first kappa shape index (κ1) is 15.8. The number of amides is 2. The van der Waals surface area contributed by atoms with E-state index in [1.807, 2.05) is 17.5 Å². The van der Waals surface area contributed by atoms with E-state index in [0.717, 1.165) is 4.88 Å². The van der Waals surface area contributed by atoms with Crippen LogP contribution in [-0.4, -0.2) is 18.9 Å². The fraction of sp³-hybridized carbons (Fsp3) is 0.125. The summed E-state index contributed by atoms with van der Waals surface area (Å²) < 4.78 is 5.21. The summed E-state index contributed by atoms with van der Waals surface area (Å²) in [6, 6.07) is 8.88. The molecule has 22 heavy (non-hydrogen) atoms. The predicted molar refractivity (Wildman–Crippen MR) is 89.3 cm³/mol. The lowest BCUT2D eigenvalue weighted by atomic mass is 10.2. The Balaban J connectivity index is 2.12. The quantitative estimate of drug-likeness (QED) is 0.831. The Labute approximate surface area is 132 Å². The number of rotatable bonds is 5. The SMILES string of the molecule is COc1ccc(NC(C)=O)cc1NC(=O)/C=C/c1cccs1. The van der Waals surface area contributed by atoms with Gasteiger partial charge in [-0.1, -0.05) is 6.07 Å². The largest absolute Gasteiger partial charge is 0.495 e. The zero-order valence-corrected chi connectivity index (χ0v) is 13.1. The van der Waals surface area contributed by atoms with Crippen molar-refractivity contribution in [2.75, 3.05) is 17.7 Å². The summed E-state index contributed by atoms with van der Waals surface area (Å²) in [5, 5.41) is 7.34. The van der Waals surface area contributed by atoms with Gasteiger partial charge in [-0.25, -0.2) is 0 Å². The molecule has 0 aliphatic heterocycles. The number of carbonyl (C=O) groups excluding carboxylic acids is 2. The highest BCUT2D eigenvalue weighted by atomic mass is 32.1. The van der Waals surface area contributed by atoms with Gasteiger partial charge in [-0.15, -0.1) is 11.3 Å². The summed E-state index contributed by atoms with van der Waals surface area (Å²) in [5.41, 5.74) is 1.08. The van der Waals surface area contributed by atoms with Crippen LogP contribution in [0.1, 0.15) is 11.8 Å². The van der Waals surface area contributed by atoms with Crippen LogP contribution < -0.4 is 15.4 Å². The topological polar surface area (TPSA) is 67.4 Å². The average molecular weight is 316 g/mol. The Hall–Kier alpha value is -2.60. The number of methoxy groups -OCH3 is 1. The molecule has 2 rings (SSSR count). The van der Waals surface area contributed by atoms with Crippen LogP contribution >= 0.6 is 11.3 Å². The summed E-state index contributed by atoms with van der Waals surface area (Å²) in [6.45, 7) is 1.42. The van der Waals surface area contributed by atoms with Crippen molar-refractivity contribution in [3.8, 4) is 5.75 Å². The van der Waals surface area contributed by atoms with Gasteiger partial charge in [0.25, 0.3) is 0 Å². The van der Waals surface area contributed by atoms with Crippen LogP contribution in [0.15, 0.2) is 41.8 Å². The van der Waals surface area contributed by atoms with Crippen molar-refractivity contribution < 1.29 is 14.3 Å². The second kappa shape index (κ2) is 7.42.